The quantitative estimate of drug-likeness (QED) is 0.775. The summed E-state index contributed by atoms with van der Waals surface area (Å²) < 4.78 is 7.23. The molecule has 6 nitrogen and oxygen atoms in total. The van der Waals surface area contributed by atoms with E-state index in [-0.39, 0.29) is 18.0 Å². The molecule has 24 heavy (non-hydrogen) atoms. The third-order valence-electron chi connectivity index (χ3n) is 4.39. The van der Waals surface area contributed by atoms with Gasteiger partial charge in [-0.3, -0.25) is 0 Å². The maximum atomic E-state index is 5.83. The van der Waals surface area contributed by atoms with Gasteiger partial charge in [-0.05, 0) is 29.7 Å². The van der Waals surface area contributed by atoms with Crippen molar-refractivity contribution in [2.24, 2.45) is 0 Å². The Hall–Kier alpha value is -3.02. The summed E-state index contributed by atoms with van der Waals surface area (Å²) in [6, 6.07) is 18.6. The van der Waals surface area contributed by atoms with Gasteiger partial charge in [-0.25, -0.2) is 4.68 Å². The van der Waals surface area contributed by atoms with Gasteiger partial charge in [-0.1, -0.05) is 42.5 Å². The Kier molecular flexibility index (Phi) is 3.57. The zero-order valence-electron chi connectivity index (χ0n) is 13.4. The predicted molar refractivity (Wildman–Crippen MR) is 93.0 cm³/mol. The Morgan fingerprint density at radius 3 is 2.71 bits per heavy atom. The molecule has 0 unspecified atom stereocenters. The molecule has 0 aliphatic carbocycles. The first-order chi connectivity index (χ1) is 11.7. The molecule has 0 fully saturated rings. The SMILES string of the molecule is COc1cccc([C@H]2C[C@H](c3ccccc3)Nc3nc(N)nn32)c1. The molecule has 2 aromatic carbocycles. The lowest BCUT2D eigenvalue weighted by Crippen LogP contribution is -2.28. The van der Waals surface area contributed by atoms with Crippen LogP contribution in [0.15, 0.2) is 54.6 Å². The molecule has 4 rings (SSSR count). The molecule has 1 aromatic heterocycles. The summed E-state index contributed by atoms with van der Waals surface area (Å²) in [4.78, 5) is 4.33. The first-order valence-electron chi connectivity index (χ1n) is 7.92. The Bertz CT molecular complexity index is 846. The van der Waals surface area contributed by atoms with Gasteiger partial charge in [0, 0.05) is 0 Å². The summed E-state index contributed by atoms with van der Waals surface area (Å²) in [7, 11) is 1.67. The molecule has 2 heterocycles. The van der Waals surface area contributed by atoms with Gasteiger partial charge in [0.25, 0.3) is 0 Å². The van der Waals surface area contributed by atoms with Crippen molar-refractivity contribution in [3.05, 3.63) is 65.7 Å². The minimum atomic E-state index is 0.0476. The number of hydrogen-bond donors (Lipinski definition) is 2. The topological polar surface area (TPSA) is 78.0 Å². The number of ether oxygens (including phenoxy) is 1. The minimum absolute atomic E-state index is 0.0476. The highest BCUT2D eigenvalue weighted by Gasteiger charge is 2.30. The number of anilines is 2. The largest absolute Gasteiger partial charge is 0.497 e. The number of nitrogens with one attached hydrogen (secondary N) is 1. The van der Waals surface area contributed by atoms with Crippen molar-refractivity contribution in [1.82, 2.24) is 14.8 Å². The van der Waals surface area contributed by atoms with Crippen LogP contribution in [0.25, 0.3) is 0 Å². The number of benzene rings is 2. The summed E-state index contributed by atoms with van der Waals surface area (Å²) in [5.41, 5.74) is 8.18. The fraction of sp³-hybridized carbons (Fsp3) is 0.222. The Morgan fingerprint density at radius 2 is 1.92 bits per heavy atom. The molecule has 2 atom stereocenters. The number of nitrogen functional groups attached to an aromatic ring is 1. The lowest BCUT2D eigenvalue weighted by molar-refractivity contribution is 0.407. The van der Waals surface area contributed by atoms with Crippen LogP contribution in [0.1, 0.15) is 29.6 Å². The van der Waals surface area contributed by atoms with Crippen LogP contribution in [0.3, 0.4) is 0 Å². The number of hydrogen-bond acceptors (Lipinski definition) is 5. The van der Waals surface area contributed by atoms with Crippen molar-refractivity contribution in [2.75, 3.05) is 18.2 Å². The van der Waals surface area contributed by atoms with Gasteiger partial charge in [-0.15, -0.1) is 5.10 Å². The van der Waals surface area contributed by atoms with E-state index in [9.17, 15) is 0 Å². The zero-order valence-corrected chi connectivity index (χ0v) is 13.4. The fourth-order valence-corrected chi connectivity index (χ4v) is 3.22. The maximum absolute atomic E-state index is 5.83. The van der Waals surface area contributed by atoms with Crippen molar-refractivity contribution < 1.29 is 4.74 Å². The normalized spacial score (nSPS) is 19.4. The Labute approximate surface area is 140 Å². The van der Waals surface area contributed by atoms with E-state index in [1.807, 2.05) is 41.1 Å². The van der Waals surface area contributed by atoms with Crippen LogP contribution in [-0.2, 0) is 0 Å². The van der Waals surface area contributed by atoms with Gasteiger partial charge in [0.1, 0.15) is 5.75 Å². The van der Waals surface area contributed by atoms with Gasteiger partial charge >= 0.3 is 0 Å². The van der Waals surface area contributed by atoms with Gasteiger partial charge in [-0.2, -0.15) is 4.98 Å². The lowest BCUT2D eigenvalue weighted by Gasteiger charge is -2.31. The van der Waals surface area contributed by atoms with Crippen LogP contribution in [0, 0.1) is 0 Å². The number of fused-ring (bicyclic) bond motifs is 1. The number of aromatic nitrogens is 3. The summed E-state index contributed by atoms with van der Waals surface area (Å²) in [6.45, 7) is 0. The van der Waals surface area contributed by atoms with Gasteiger partial charge in [0.05, 0.1) is 19.2 Å². The second-order valence-corrected chi connectivity index (χ2v) is 5.87. The first kappa shape index (κ1) is 14.6. The summed E-state index contributed by atoms with van der Waals surface area (Å²) in [5.74, 6) is 1.80. The van der Waals surface area contributed by atoms with Crippen LogP contribution in [0.4, 0.5) is 11.9 Å². The summed E-state index contributed by atoms with van der Waals surface area (Å²) in [5, 5.41) is 7.81. The van der Waals surface area contributed by atoms with Crippen LogP contribution in [0.5, 0.6) is 5.75 Å². The highest BCUT2D eigenvalue weighted by molar-refractivity contribution is 5.42. The molecule has 3 aromatic rings. The van der Waals surface area contributed by atoms with Crippen LogP contribution >= 0.6 is 0 Å². The van der Waals surface area contributed by atoms with E-state index in [0.29, 0.717) is 5.95 Å². The fourth-order valence-electron chi connectivity index (χ4n) is 3.22. The third kappa shape index (κ3) is 2.56. The average molecular weight is 321 g/mol. The smallest absolute Gasteiger partial charge is 0.241 e. The maximum Gasteiger partial charge on any atom is 0.241 e. The molecule has 0 bridgehead atoms. The third-order valence-corrected chi connectivity index (χ3v) is 4.39. The van der Waals surface area contributed by atoms with Crippen molar-refractivity contribution in [1.29, 1.82) is 0 Å². The van der Waals surface area contributed by atoms with E-state index < -0.39 is 0 Å². The highest BCUT2D eigenvalue weighted by Crippen LogP contribution is 2.38. The van der Waals surface area contributed by atoms with Crippen molar-refractivity contribution in [3.63, 3.8) is 0 Å². The van der Waals surface area contributed by atoms with Crippen LogP contribution in [0.2, 0.25) is 0 Å². The van der Waals surface area contributed by atoms with Gasteiger partial charge in [0.15, 0.2) is 0 Å². The molecular formula is C18H19N5O. The van der Waals surface area contributed by atoms with Crippen LogP contribution < -0.4 is 15.8 Å². The molecule has 122 valence electrons. The molecule has 3 N–H and O–H groups in total. The van der Waals surface area contributed by atoms with Crippen molar-refractivity contribution in [2.45, 2.75) is 18.5 Å². The molecule has 1 aliphatic heterocycles. The molecule has 1 aliphatic rings. The van der Waals surface area contributed by atoms with Gasteiger partial charge < -0.3 is 15.8 Å². The zero-order chi connectivity index (χ0) is 16.5. The second-order valence-electron chi connectivity index (χ2n) is 5.87. The van der Waals surface area contributed by atoms with E-state index in [1.54, 1.807) is 7.11 Å². The standard InChI is InChI=1S/C18H19N5O/c1-24-14-9-5-8-13(10-14)16-11-15(12-6-3-2-4-7-12)20-18-21-17(19)22-23(16)18/h2-10,15-16H,11H2,1H3,(H3,19,20,21,22)/t15-,16-/m1/s1. The van der Waals surface area contributed by atoms with Crippen LogP contribution in [-0.4, -0.2) is 21.9 Å². The van der Waals surface area contributed by atoms with E-state index >= 15 is 0 Å². The Morgan fingerprint density at radius 1 is 1.12 bits per heavy atom. The molecule has 0 saturated carbocycles. The monoisotopic (exact) mass is 321 g/mol. The van der Waals surface area contributed by atoms with E-state index in [4.69, 9.17) is 10.5 Å². The second kappa shape index (κ2) is 5.88. The summed E-state index contributed by atoms with van der Waals surface area (Å²) in [6.07, 6.45) is 0.854. The van der Waals surface area contributed by atoms with Gasteiger partial charge in [0.2, 0.25) is 11.9 Å². The van der Waals surface area contributed by atoms with Crippen molar-refractivity contribution in [3.8, 4) is 5.75 Å². The van der Waals surface area contributed by atoms with E-state index in [2.05, 4.69) is 33.6 Å². The predicted octanol–water partition coefficient (Wildman–Crippen LogP) is 3.02. The summed E-state index contributed by atoms with van der Waals surface area (Å²) >= 11 is 0. The molecule has 0 spiro atoms. The number of methoxy groups -OCH3 is 1. The Balaban J connectivity index is 1.76. The molecule has 0 saturated heterocycles. The highest BCUT2D eigenvalue weighted by atomic mass is 16.5. The van der Waals surface area contributed by atoms with E-state index in [0.717, 1.165) is 17.7 Å². The van der Waals surface area contributed by atoms with Crippen molar-refractivity contribution >= 4 is 11.9 Å². The van der Waals surface area contributed by atoms with E-state index in [1.165, 1.54) is 5.56 Å². The number of rotatable bonds is 3. The molecular weight excluding hydrogens is 302 g/mol. The lowest BCUT2D eigenvalue weighted by atomic mass is 9.93. The molecule has 0 radical (unpaired) electrons. The number of nitrogens with zero attached hydrogens (tertiary/aromatic N) is 3. The minimum Gasteiger partial charge on any atom is -0.497 e. The average Bonchev–Trinajstić information content (AvgIpc) is 3.01. The molecule has 0 amide bonds. The first-order valence-corrected chi connectivity index (χ1v) is 7.92. The molecule has 6 heteroatoms. The number of nitrogens with two attached hydrogens (primary N) is 1.